The highest BCUT2D eigenvalue weighted by Crippen LogP contribution is 2.30. The van der Waals surface area contributed by atoms with Crippen molar-refractivity contribution in [1.29, 1.82) is 0 Å². The number of hydrogen-bond acceptors (Lipinski definition) is 5. The van der Waals surface area contributed by atoms with Gasteiger partial charge in [-0.2, -0.15) is 10.1 Å². The zero-order valence-electron chi connectivity index (χ0n) is 16.2. The third kappa shape index (κ3) is 3.96. The summed E-state index contributed by atoms with van der Waals surface area (Å²) in [6.45, 7) is 3.85. The van der Waals surface area contributed by atoms with Crippen LogP contribution < -0.4 is 15.4 Å². The third-order valence-corrected chi connectivity index (χ3v) is 4.99. The van der Waals surface area contributed by atoms with E-state index in [1.807, 2.05) is 50.2 Å². The minimum atomic E-state index is -0.270. The van der Waals surface area contributed by atoms with Gasteiger partial charge in [0.05, 0.1) is 12.5 Å². The molecule has 3 aromatic rings. The van der Waals surface area contributed by atoms with Crippen molar-refractivity contribution in [2.75, 3.05) is 17.2 Å². The van der Waals surface area contributed by atoms with Crippen LogP contribution in [0.4, 0.5) is 11.6 Å². The minimum absolute atomic E-state index is 0.115. The monoisotopic (exact) mass is 391 g/mol. The number of ether oxygens (including phenoxy) is 1. The van der Waals surface area contributed by atoms with E-state index in [0.29, 0.717) is 11.7 Å². The van der Waals surface area contributed by atoms with Crippen LogP contribution in [-0.4, -0.2) is 33.2 Å². The lowest BCUT2D eigenvalue weighted by molar-refractivity contribution is -0.118. The van der Waals surface area contributed by atoms with E-state index in [1.54, 1.807) is 10.7 Å². The van der Waals surface area contributed by atoms with Gasteiger partial charge in [-0.05, 0) is 48.7 Å². The lowest BCUT2D eigenvalue weighted by atomic mass is 10.0. The van der Waals surface area contributed by atoms with Gasteiger partial charge in [-0.1, -0.05) is 24.3 Å². The zero-order valence-corrected chi connectivity index (χ0v) is 16.2. The zero-order chi connectivity index (χ0) is 20.4. The van der Waals surface area contributed by atoms with Crippen LogP contribution in [0, 0.1) is 13.8 Å². The van der Waals surface area contributed by atoms with Crippen LogP contribution in [-0.2, 0) is 9.59 Å². The van der Waals surface area contributed by atoms with Gasteiger partial charge >= 0.3 is 0 Å². The van der Waals surface area contributed by atoms with Crippen LogP contribution in [0.2, 0.25) is 0 Å². The summed E-state index contributed by atoms with van der Waals surface area (Å²) in [6.07, 6.45) is 1.67. The molecule has 4 rings (SSSR count). The minimum Gasteiger partial charge on any atom is -0.484 e. The van der Waals surface area contributed by atoms with Crippen LogP contribution in [0.15, 0.2) is 48.8 Å². The van der Waals surface area contributed by atoms with Crippen molar-refractivity contribution in [2.24, 2.45) is 0 Å². The molecule has 2 amide bonds. The molecule has 0 bridgehead atoms. The van der Waals surface area contributed by atoms with Gasteiger partial charge in [-0.25, -0.2) is 4.68 Å². The van der Waals surface area contributed by atoms with Crippen LogP contribution >= 0.6 is 0 Å². The van der Waals surface area contributed by atoms with Gasteiger partial charge in [0.15, 0.2) is 6.61 Å². The number of hydrogen-bond donors (Lipinski definition) is 2. The number of carbonyl (C=O) groups is 2. The maximum atomic E-state index is 12.3. The van der Waals surface area contributed by atoms with E-state index >= 15 is 0 Å². The van der Waals surface area contributed by atoms with E-state index in [0.717, 1.165) is 22.4 Å². The largest absolute Gasteiger partial charge is 0.484 e. The fourth-order valence-electron chi connectivity index (χ4n) is 3.30. The van der Waals surface area contributed by atoms with Gasteiger partial charge in [0.25, 0.3) is 5.91 Å². The first kappa shape index (κ1) is 18.7. The number of fused-ring (bicyclic) bond motifs is 1. The van der Waals surface area contributed by atoms with Crippen LogP contribution in [0.5, 0.6) is 5.75 Å². The normalized spacial score (nSPS) is 15.4. The van der Waals surface area contributed by atoms with Crippen molar-refractivity contribution >= 4 is 23.5 Å². The molecule has 1 aliphatic heterocycles. The smallest absolute Gasteiger partial charge is 0.262 e. The molecule has 0 aliphatic carbocycles. The van der Waals surface area contributed by atoms with E-state index in [9.17, 15) is 9.59 Å². The molecule has 1 atom stereocenters. The molecule has 0 saturated heterocycles. The maximum absolute atomic E-state index is 12.3. The number of carbonyl (C=O) groups excluding carboxylic acids is 2. The Hall–Kier alpha value is -3.68. The van der Waals surface area contributed by atoms with Crippen LogP contribution in [0.3, 0.4) is 0 Å². The molecule has 0 radical (unpaired) electrons. The summed E-state index contributed by atoms with van der Waals surface area (Å²) in [5, 5.41) is 9.77. The Morgan fingerprint density at radius 2 is 2.10 bits per heavy atom. The molecular weight excluding hydrogens is 370 g/mol. The number of aryl methyl sites for hydroxylation is 1. The second-order valence-electron chi connectivity index (χ2n) is 6.95. The van der Waals surface area contributed by atoms with Crippen molar-refractivity contribution in [3.05, 3.63) is 65.5 Å². The summed E-state index contributed by atoms with van der Waals surface area (Å²) in [5.74, 6) is 0.617. The Labute approximate surface area is 167 Å². The Morgan fingerprint density at radius 3 is 2.97 bits per heavy atom. The SMILES string of the molecule is Cc1cccc(NC(=O)COc2cccc([C@H]3CC(=O)Nc4ncnn43)c2)c1C. The fraction of sp³-hybridized carbons (Fsp3) is 0.238. The summed E-state index contributed by atoms with van der Waals surface area (Å²) in [4.78, 5) is 28.3. The van der Waals surface area contributed by atoms with Crippen LogP contribution in [0.1, 0.15) is 29.2 Å². The molecular formula is C21H21N5O3. The third-order valence-electron chi connectivity index (χ3n) is 4.99. The van der Waals surface area contributed by atoms with Gasteiger partial charge < -0.3 is 10.1 Å². The Bertz CT molecular complexity index is 1080. The van der Waals surface area contributed by atoms with E-state index in [2.05, 4.69) is 20.7 Å². The van der Waals surface area contributed by atoms with Gasteiger partial charge in [-0.3, -0.25) is 14.9 Å². The molecule has 0 spiro atoms. The molecule has 29 heavy (non-hydrogen) atoms. The Balaban J connectivity index is 1.44. The first-order valence-electron chi connectivity index (χ1n) is 9.29. The number of rotatable bonds is 5. The number of anilines is 2. The molecule has 0 saturated carbocycles. The van der Waals surface area contributed by atoms with E-state index in [4.69, 9.17) is 4.74 Å². The molecule has 0 unspecified atom stereocenters. The number of nitrogens with one attached hydrogen (secondary N) is 2. The number of benzene rings is 2. The topological polar surface area (TPSA) is 98.1 Å². The van der Waals surface area contributed by atoms with E-state index < -0.39 is 0 Å². The van der Waals surface area contributed by atoms with Crippen LogP contribution in [0.25, 0.3) is 0 Å². The van der Waals surface area contributed by atoms with Crippen molar-refractivity contribution < 1.29 is 14.3 Å². The van der Waals surface area contributed by atoms with Crippen molar-refractivity contribution in [1.82, 2.24) is 14.8 Å². The number of amides is 2. The highest BCUT2D eigenvalue weighted by atomic mass is 16.5. The average molecular weight is 391 g/mol. The van der Waals surface area contributed by atoms with Crippen molar-refractivity contribution in [3.8, 4) is 5.75 Å². The van der Waals surface area contributed by atoms with Gasteiger partial charge in [0.1, 0.15) is 12.1 Å². The predicted molar refractivity (Wildman–Crippen MR) is 108 cm³/mol. The summed E-state index contributed by atoms with van der Waals surface area (Å²) >= 11 is 0. The summed E-state index contributed by atoms with van der Waals surface area (Å²) in [6, 6.07) is 12.8. The van der Waals surface area contributed by atoms with Crippen molar-refractivity contribution in [3.63, 3.8) is 0 Å². The molecule has 8 heteroatoms. The molecule has 8 nitrogen and oxygen atoms in total. The molecule has 148 valence electrons. The van der Waals surface area contributed by atoms with Gasteiger partial charge in [-0.15, -0.1) is 0 Å². The summed E-state index contributed by atoms with van der Waals surface area (Å²) in [7, 11) is 0. The van der Waals surface area contributed by atoms with E-state index in [1.165, 1.54) is 6.33 Å². The number of aromatic nitrogens is 3. The van der Waals surface area contributed by atoms with Gasteiger partial charge in [0, 0.05) is 5.69 Å². The standard InChI is InChI=1S/C21H21N5O3/c1-13-5-3-8-17(14(13)2)24-20(28)11-29-16-7-4-6-15(9-16)18-10-19(27)25-21-22-12-23-26(18)21/h3-9,12,18H,10-11H2,1-2H3,(H,24,28)(H,22,23,25,27)/t18-/m1/s1. The fourth-order valence-corrected chi connectivity index (χ4v) is 3.30. The lowest BCUT2D eigenvalue weighted by Gasteiger charge is -2.24. The number of nitrogens with zero attached hydrogens (tertiary/aromatic N) is 3. The highest BCUT2D eigenvalue weighted by molar-refractivity contribution is 5.93. The second-order valence-corrected chi connectivity index (χ2v) is 6.95. The first-order chi connectivity index (χ1) is 14.0. The predicted octanol–water partition coefficient (Wildman–Crippen LogP) is 2.84. The summed E-state index contributed by atoms with van der Waals surface area (Å²) in [5.41, 5.74) is 3.78. The van der Waals surface area contributed by atoms with E-state index in [-0.39, 0.29) is 30.9 Å². The molecule has 1 aromatic heterocycles. The molecule has 0 fully saturated rings. The summed E-state index contributed by atoms with van der Waals surface area (Å²) < 4.78 is 7.35. The molecule has 2 N–H and O–H groups in total. The van der Waals surface area contributed by atoms with Crippen molar-refractivity contribution in [2.45, 2.75) is 26.3 Å². The Morgan fingerprint density at radius 1 is 1.28 bits per heavy atom. The maximum Gasteiger partial charge on any atom is 0.262 e. The highest BCUT2D eigenvalue weighted by Gasteiger charge is 2.27. The Kier molecular flexibility index (Phi) is 4.99. The molecule has 2 aromatic carbocycles. The molecule has 2 heterocycles. The van der Waals surface area contributed by atoms with Gasteiger partial charge in [0.2, 0.25) is 11.9 Å². The second kappa shape index (κ2) is 7.75. The quantitative estimate of drug-likeness (QED) is 0.697. The first-order valence-corrected chi connectivity index (χ1v) is 9.29. The molecule has 1 aliphatic rings. The average Bonchev–Trinajstić information content (AvgIpc) is 3.18. The lowest BCUT2D eigenvalue weighted by Crippen LogP contribution is -2.29.